The Bertz CT molecular complexity index is 637. The summed E-state index contributed by atoms with van der Waals surface area (Å²) in [6.45, 7) is 3.38. The number of likely N-dealkylation sites (tertiary alicyclic amines) is 1. The lowest BCUT2D eigenvalue weighted by Gasteiger charge is -2.24. The van der Waals surface area contributed by atoms with Crippen LogP contribution in [0.4, 0.5) is 0 Å². The molecule has 1 fully saturated rings. The highest BCUT2D eigenvalue weighted by molar-refractivity contribution is 6.03. The number of benzene rings is 1. The zero-order chi connectivity index (χ0) is 19.2. The molecule has 2 N–H and O–H groups in total. The van der Waals surface area contributed by atoms with Gasteiger partial charge in [0.1, 0.15) is 11.3 Å². The number of phenols is 1. The number of carbonyl (C=O) groups is 3. The molecule has 1 heterocycles. The normalized spacial score (nSPS) is 17.3. The first kappa shape index (κ1) is 20.6. The van der Waals surface area contributed by atoms with E-state index in [9.17, 15) is 14.4 Å². The number of carbonyl (C=O) groups excluding carboxylic acids is 2. The van der Waals surface area contributed by atoms with Gasteiger partial charge in [0.2, 0.25) is 11.8 Å². The lowest BCUT2D eigenvalue weighted by molar-refractivity contribution is -0.870. The van der Waals surface area contributed by atoms with E-state index < -0.39 is 5.97 Å². The summed E-state index contributed by atoms with van der Waals surface area (Å²) in [5, 5.41) is 17.3. The number of hydrogen-bond acceptors (Lipinski definition) is 4. The Hall–Kier alpha value is -2.41. The molecule has 0 aromatic heterocycles. The maximum Gasteiger partial charge on any atom is 0.339 e. The van der Waals surface area contributed by atoms with Gasteiger partial charge in [0.05, 0.1) is 27.7 Å². The van der Waals surface area contributed by atoms with Gasteiger partial charge in [-0.25, -0.2) is 4.79 Å². The molecule has 1 saturated heterocycles. The molecule has 25 heavy (non-hydrogen) atoms. The summed E-state index contributed by atoms with van der Waals surface area (Å²) in [7, 11) is 6.32. The molecule has 0 bridgehead atoms. The smallest absolute Gasteiger partial charge is 0.339 e. The number of aromatic hydroxyl groups is 1. The lowest BCUT2D eigenvalue weighted by atomic mass is 10.1. The quantitative estimate of drug-likeness (QED) is 0.620. The molecule has 0 spiro atoms. The van der Waals surface area contributed by atoms with Crippen LogP contribution in [0.15, 0.2) is 24.3 Å². The van der Waals surface area contributed by atoms with Crippen LogP contribution in [0.5, 0.6) is 5.75 Å². The molecule has 2 rings (SSSR count). The van der Waals surface area contributed by atoms with Crippen LogP contribution in [0, 0.1) is 5.92 Å². The van der Waals surface area contributed by atoms with E-state index in [4.69, 9.17) is 10.2 Å². The van der Waals surface area contributed by atoms with Crippen LogP contribution < -0.4 is 0 Å². The van der Waals surface area contributed by atoms with Crippen molar-refractivity contribution in [2.24, 2.45) is 5.92 Å². The van der Waals surface area contributed by atoms with Crippen LogP contribution in [-0.4, -0.2) is 71.6 Å². The van der Waals surface area contributed by atoms with E-state index in [2.05, 4.69) is 21.1 Å². The first-order chi connectivity index (χ1) is 11.5. The standard InChI is InChI=1S/C11H21N2O2.C7H6O3/c1-9-8-10(14)12(11(9)15)6-5-7-13(2,3)4;8-6-4-2-1-3-5(6)7(9)10/h9H,5-8H2,1-4H3;1-4,8H,(H,9,10)/q+1;. The van der Waals surface area contributed by atoms with Crippen molar-refractivity contribution in [3.63, 3.8) is 0 Å². The van der Waals surface area contributed by atoms with Crippen molar-refractivity contribution >= 4 is 17.8 Å². The summed E-state index contributed by atoms with van der Waals surface area (Å²) in [6.07, 6.45) is 1.27. The number of carboxylic acid groups (broad SMARTS) is 1. The van der Waals surface area contributed by atoms with Crippen LogP contribution in [0.2, 0.25) is 0 Å². The van der Waals surface area contributed by atoms with Gasteiger partial charge in [-0.2, -0.15) is 0 Å². The molecule has 1 atom stereocenters. The molecule has 0 radical (unpaired) electrons. The average molecular weight is 351 g/mol. The molecule has 2 amide bonds. The Balaban J connectivity index is 0.000000271. The van der Waals surface area contributed by atoms with Crippen LogP contribution in [0.3, 0.4) is 0 Å². The van der Waals surface area contributed by atoms with Crippen molar-refractivity contribution in [2.45, 2.75) is 19.8 Å². The fourth-order valence-electron chi connectivity index (χ4n) is 2.44. The van der Waals surface area contributed by atoms with Gasteiger partial charge in [0, 0.05) is 25.3 Å². The molecule has 1 aliphatic heterocycles. The fourth-order valence-corrected chi connectivity index (χ4v) is 2.44. The summed E-state index contributed by atoms with van der Waals surface area (Å²) in [4.78, 5) is 34.7. The van der Waals surface area contributed by atoms with Gasteiger partial charge < -0.3 is 14.7 Å². The van der Waals surface area contributed by atoms with Crippen molar-refractivity contribution in [1.82, 2.24) is 4.90 Å². The summed E-state index contributed by atoms with van der Waals surface area (Å²) in [5.74, 6) is -1.43. The van der Waals surface area contributed by atoms with Gasteiger partial charge in [-0.1, -0.05) is 19.1 Å². The zero-order valence-electron chi connectivity index (χ0n) is 15.2. The Kier molecular flexibility index (Phi) is 7.11. The molecule has 1 unspecified atom stereocenters. The van der Waals surface area contributed by atoms with Gasteiger partial charge in [-0.15, -0.1) is 0 Å². The Morgan fingerprint density at radius 2 is 1.84 bits per heavy atom. The summed E-state index contributed by atoms with van der Waals surface area (Å²) in [5.41, 5.74) is -0.0671. The molecular formula is C18H27N2O5+. The molecule has 1 aliphatic rings. The van der Waals surface area contributed by atoms with Gasteiger partial charge >= 0.3 is 5.97 Å². The topological polar surface area (TPSA) is 94.9 Å². The van der Waals surface area contributed by atoms with E-state index in [1.54, 1.807) is 12.1 Å². The van der Waals surface area contributed by atoms with Gasteiger partial charge in [0.25, 0.3) is 0 Å². The van der Waals surface area contributed by atoms with Crippen molar-refractivity contribution in [1.29, 1.82) is 0 Å². The lowest BCUT2D eigenvalue weighted by Crippen LogP contribution is -2.38. The van der Waals surface area contributed by atoms with Crippen molar-refractivity contribution < 1.29 is 29.1 Å². The summed E-state index contributed by atoms with van der Waals surface area (Å²) >= 11 is 0. The maximum atomic E-state index is 11.6. The van der Waals surface area contributed by atoms with Crippen molar-refractivity contribution in [3.8, 4) is 5.75 Å². The monoisotopic (exact) mass is 351 g/mol. The third-order valence-electron chi connectivity index (χ3n) is 3.81. The molecule has 1 aromatic carbocycles. The second kappa shape index (κ2) is 8.62. The van der Waals surface area contributed by atoms with Crippen LogP contribution >= 0.6 is 0 Å². The highest BCUT2D eigenvalue weighted by Crippen LogP contribution is 2.18. The number of rotatable bonds is 5. The van der Waals surface area contributed by atoms with Crippen molar-refractivity contribution in [3.05, 3.63) is 29.8 Å². The average Bonchev–Trinajstić information content (AvgIpc) is 2.73. The van der Waals surface area contributed by atoms with E-state index in [-0.39, 0.29) is 29.0 Å². The number of nitrogens with zero attached hydrogens (tertiary/aromatic N) is 2. The molecule has 7 heteroatoms. The minimum atomic E-state index is -1.11. The SMILES string of the molecule is CC1CC(=O)N(CCC[N+](C)(C)C)C1=O.O=C(O)c1ccccc1O. The number of hydrogen-bond donors (Lipinski definition) is 2. The Labute approximate surface area is 148 Å². The fraction of sp³-hybridized carbons (Fsp3) is 0.500. The second-order valence-electron chi connectivity index (χ2n) is 7.18. The molecular weight excluding hydrogens is 324 g/mol. The minimum absolute atomic E-state index is 0.00130. The summed E-state index contributed by atoms with van der Waals surface area (Å²) in [6, 6.07) is 5.81. The summed E-state index contributed by atoms with van der Waals surface area (Å²) < 4.78 is 0.867. The molecule has 0 saturated carbocycles. The molecule has 1 aromatic rings. The van der Waals surface area contributed by atoms with Gasteiger partial charge in [-0.3, -0.25) is 14.5 Å². The van der Waals surface area contributed by atoms with Gasteiger partial charge in [0.15, 0.2) is 0 Å². The predicted molar refractivity (Wildman–Crippen MR) is 93.1 cm³/mol. The maximum absolute atomic E-state index is 11.6. The number of aromatic carboxylic acids is 1. The predicted octanol–water partition coefficient (Wildman–Crippen LogP) is 1.57. The largest absolute Gasteiger partial charge is 0.507 e. The highest BCUT2D eigenvalue weighted by atomic mass is 16.4. The third kappa shape index (κ3) is 6.54. The number of imide groups is 1. The first-order valence-corrected chi connectivity index (χ1v) is 8.19. The molecule has 138 valence electrons. The molecule has 7 nitrogen and oxygen atoms in total. The third-order valence-corrected chi connectivity index (χ3v) is 3.81. The van der Waals surface area contributed by atoms with Crippen LogP contribution in [0.1, 0.15) is 30.1 Å². The number of para-hydroxylation sites is 1. The van der Waals surface area contributed by atoms with E-state index in [0.29, 0.717) is 13.0 Å². The second-order valence-corrected chi connectivity index (χ2v) is 7.18. The Morgan fingerprint density at radius 3 is 2.24 bits per heavy atom. The highest BCUT2D eigenvalue weighted by Gasteiger charge is 2.35. The number of carboxylic acids is 1. The Morgan fingerprint density at radius 1 is 1.24 bits per heavy atom. The minimum Gasteiger partial charge on any atom is -0.507 e. The number of amides is 2. The van der Waals surface area contributed by atoms with Gasteiger partial charge in [-0.05, 0) is 12.1 Å². The first-order valence-electron chi connectivity index (χ1n) is 8.19. The number of quaternary nitrogens is 1. The van der Waals surface area contributed by atoms with E-state index in [0.717, 1.165) is 17.4 Å². The molecule has 0 aliphatic carbocycles. The van der Waals surface area contributed by atoms with E-state index >= 15 is 0 Å². The zero-order valence-corrected chi connectivity index (χ0v) is 15.2. The van der Waals surface area contributed by atoms with Crippen LogP contribution in [0.25, 0.3) is 0 Å². The van der Waals surface area contributed by atoms with E-state index in [1.165, 1.54) is 17.0 Å². The van der Waals surface area contributed by atoms with Crippen LogP contribution in [-0.2, 0) is 9.59 Å². The van der Waals surface area contributed by atoms with E-state index in [1.807, 2.05) is 6.92 Å². The van der Waals surface area contributed by atoms with Crippen molar-refractivity contribution in [2.75, 3.05) is 34.2 Å².